The second-order valence-electron chi connectivity index (χ2n) is 7.42. The number of carbonyl (C=O) groups excluding carboxylic acids is 1. The molecule has 6 nitrogen and oxygen atoms in total. The molecule has 0 fully saturated rings. The molecule has 3 aromatic carbocycles. The highest BCUT2D eigenvalue weighted by atomic mass is 127. The molecule has 3 aromatic rings. The number of nitrogens with zero attached hydrogens (tertiary/aromatic N) is 1. The van der Waals surface area contributed by atoms with Gasteiger partial charge in [-0.25, -0.2) is 0 Å². The van der Waals surface area contributed by atoms with E-state index in [9.17, 15) is 4.79 Å². The Morgan fingerprint density at radius 3 is 2.15 bits per heavy atom. The van der Waals surface area contributed by atoms with Gasteiger partial charge in [0.2, 0.25) is 0 Å². The van der Waals surface area contributed by atoms with Crippen LogP contribution in [0.3, 0.4) is 0 Å². The van der Waals surface area contributed by atoms with E-state index in [0.29, 0.717) is 18.2 Å². The fourth-order valence-corrected chi connectivity index (χ4v) is 3.54. The van der Waals surface area contributed by atoms with Crippen LogP contribution in [0.1, 0.15) is 29.0 Å². The second-order valence-corrected chi connectivity index (χ2v) is 7.42. The predicted molar refractivity (Wildman–Crippen MR) is 144 cm³/mol. The molecule has 7 heteroatoms. The number of ether oxygens (including phenoxy) is 1. The van der Waals surface area contributed by atoms with Crippen LogP contribution >= 0.6 is 24.0 Å². The maximum Gasteiger partial charge on any atom is 0.255 e. The number of hydrogen-bond acceptors (Lipinski definition) is 3. The fourth-order valence-electron chi connectivity index (χ4n) is 3.54. The number of rotatable bonds is 10. The molecule has 0 saturated heterocycles. The normalized spacial score (nSPS) is 10.9. The predicted octanol–water partition coefficient (Wildman–Crippen LogP) is 4.06. The quantitative estimate of drug-likeness (QED) is 0.199. The van der Waals surface area contributed by atoms with E-state index in [1.807, 2.05) is 30.3 Å². The van der Waals surface area contributed by atoms with Crippen LogP contribution in [0.2, 0.25) is 0 Å². The lowest BCUT2D eigenvalue weighted by Crippen LogP contribution is -2.37. The summed E-state index contributed by atoms with van der Waals surface area (Å²) in [5, 5.41) is 6.73. The molecule has 33 heavy (non-hydrogen) atoms. The zero-order valence-corrected chi connectivity index (χ0v) is 21.1. The van der Waals surface area contributed by atoms with Gasteiger partial charge in [-0.2, -0.15) is 0 Å². The Hall–Kier alpha value is -3.07. The molecular formula is C26H31IN4O2. The molecule has 0 aliphatic heterocycles. The maximum absolute atomic E-state index is 10.9. The molecule has 1 amide bonds. The van der Waals surface area contributed by atoms with E-state index in [4.69, 9.17) is 10.5 Å². The molecule has 0 saturated carbocycles. The van der Waals surface area contributed by atoms with Crippen molar-refractivity contribution < 1.29 is 9.53 Å². The third-order valence-corrected chi connectivity index (χ3v) is 5.09. The van der Waals surface area contributed by atoms with E-state index in [0.717, 1.165) is 24.5 Å². The van der Waals surface area contributed by atoms with Gasteiger partial charge < -0.3 is 21.1 Å². The standard InChI is InChI=1S/C26H30N4O2.HI/c1-28-26(30-18-20-9-8-14-23(17-20)32-19-25(27)31)29-16-15-24(21-10-4-2-5-11-21)22-12-6-3-7-13-22;/h2-14,17,24H,15-16,18-19H2,1H3,(H2,27,31)(H2,28,29,30);1H. The summed E-state index contributed by atoms with van der Waals surface area (Å²) < 4.78 is 5.37. The summed E-state index contributed by atoms with van der Waals surface area (Å²) in [6.45, 7) is 1.22. The molecule has 3 rings (SSSR count). The van der Waals surface area contributed by atoms with Crippen molar-refractivity contribution in [1.82, 2.24) is 10.6 Å². The zero-order chi connectivity index (χ0) is 22.6. The van der Waals surface area contributed by atoms with Crippen molar-refractivity contribution in [3.05, 3.63) is 102 Å². The first-order valence-electron chi connectivity index (χ1n) is 10.7. The minimum Gasteiger partial charge on any atom is -0.484 e. The highest BCUT2D eigenvalue weighted by Gasteiger charge is 2.13. The molecule has 0 heterocycles. The van der Waals surface area contributed by atoms with Crippen molar-refractivity contribution in [2.24, 2.45) is 10.7 Å². The summed E-state index contributed by atoms with van der Waals surface area (Å²) in [6, 6.07) is 28.7. The van der Waals surface area contributed by atoms with Gasteiger partial charge in [0, 0.05) is 26.1 Å². The number of carbonyl (C=O) groups is 1. The molecule has 0 aromatic heterocycles. The Labute approximate surface area is 212 Å². The maximum atomic E-state index is 10.9. The van der Waals surface area contributed by atoms with Gasteiger partial charge in [0.1, 0.15) is 5.75 Å². The smallest absolute Gasteiger partial charge is 0.255 e. The summed E-state index contributed by atoms with van der Waals surface area (Å²) in [5.41, 5.74) is 8.76. The molecule has 0 aliphatic carbocycles. The van der Waals surface area contributed by atoms with Gasteiger partial charge in [0.15, 0.2) is 12.6 Å². The van der Waals surface area contributed by atoms with Gasteiger partial charge in [-0.05, 0) is 35.2 Å². The lowest BCUT2D eigenvalue weighted by molar-refractivity contribution is -0.119. The summed E-state index contributed by atoms with van der Waals surface area (Å²) in [7, 11) is 1.76. The van der Waals surface area contributed by atoms with Crippen molar-refractivity contribution >= 4 is 35.8 Å². The summed E-state index contributed by atoms with van der Waals surface area (Å²) >= 11 is 0. The number of nitrogens with two attached hydrogens (primary N) is 1. The Kier molecular flexibility index (Phi) is 11.2. The van der Waals surface area contributed by atoms with Gasteiger partial charge in [-0.15, -0.1) is 24.0 Å². The number of primary amides is 1. The van der Waals surface area contributed by atoms with Crippen molar-refractivity contribution in [3.63, 3.8) is 0 Å². The first-order chi connectivity index (χ1) is 15.7. The van der Waals surface area contributed by atoms with Crippen molar-refractivity contribution in [2.45, 2.75) is 18.9 Å². The zero-order valence-electron chi connectivity index (χ0n) is 18.7. The number of guanidine groups is 1. The van der Waals surface area contributed by atoms with Gasteiger partial charge in [0.25, 0.3) is 5.91 Å². The topological polar surface area (TPSA) is 88.7 Å². The number of benzene rings is 3. The number of halogens is 1. The van der Waals surface area contributed by atoms with Crippen LogP contribution in [-0.4, -0.2) is 32.1 Å². The van der Waals surface area contributed by atoms with E-state index >= 15 is 0 Å². The monoisotopic (exact) mass is 558 g/mol. The Bertz CT molecular complexity index is 974. The second kappa shape index (κ2) is 14.2. The van der Waals surface area contributed by atoms with Crippen molar-refractivity contribution in [3.8, 4) is 5.75 Å². The summed E-state index contributed by atoms with van der Waals surface area (Å²) in [5.74, 6) is 1.15. The molecule has 0 unspecified atom stereocenters. The fraction of sp³-hybridized carbons (Fsp3) is 0.231. The van der Waals surface area contributed by atoms with Crippen LogP contribution in [0, 0.1) is 0 Å². The van der Waals surface area contributed by atoms with Gasteiger partial charge in [-0.3, -0.25) is 9.79 Å². The van der Waals surface area contributed by atoms with E-state index in [-0.39, 0.29) is 30.6 Å². The van der Waals surface area contributed by atoms with Crippen molar-refractivity contribution in [2.75, 3.05) is 20.2 Å². The lowest BCUT2D eigenvalue weighted by atomic mass is 9.88. The minimum atomic E-state index is -0.498. The van der Waals surface area contributed by atoms with Crippen LogP contribution in [0.25, 0.3) is 0 Å². The molecule has 174 valence electrons. The number of amides is 1. The molecular weight excluding hydrogens is 527 g/mol. The molecule has 0 atom stereocenters. The lowest BCUT2D eigenvalue weighted by Gasteiger charge is -2.19. The third kappa shape index (κ3) is 8.76. The third-order valence-electron chi connectivity index (χ3n) is 5.09. The number of hydrogen-bond donors (Lipinski definition) is 3. The van der Waals surface area contributed by atoms with Crippen LogP contribution in [-0.2, 0) is 11.3 Å². The van der Waals surface area contributed by atoms with Crippen LogP contribution in [0.4, 0.5) is 0 Å². The van der Waals surface area contributed by atoms with Gasteiger partial charge >= 0.3 is 0 Å². The SMILES string of the molecule is CN=C(NCCC(c1ccccc1)c1ccccc1)NCc1cccc(OCC(N)=O)c1.I. The van der Waals surface area contributed by atoms with Crippen LogP contribution < -0.4 is 21.1 Å². The highest BCUT2D eigenvalue weighted by Crippen LogP contribution is 2.27. The average Bonchev–Trinajstić information content (AvgIpc) is 2.84. The summed E-state index contributed by atoms with van der Waals surface area (Å²) in [4.78, 5) is 15.2. The van der Waals surface area contributed by atoms with Crippen LogP contribution in [0.5, 0.6) is 5.75 Å². The first kappa shape index (κ1) is 26.2. The highest BCUT2D eigenvalue weighted by molar-refractivity contribution is 14.0. The Morgan fingerprint density at radius 2 is 1.58 bits per heavy atom. The van der Waals surface area contributed by atoms with E-state index < -0.39 is 5.91 Å². The molecule has 0 spiro atoms. The van der Waals surface area contributed by atoms with E-state index in [1.165, 1.54) is 11.1 Å². The van der Waals surface area contributed by atoms with E-state index in [2.05, 4.69) is 64.2 Å². The van der Waals surface area contributed by atoms with Gasteiger partial charge in [0.05, 0.1) is 0 Å². The molecule has 0 bridgehead atoms. The Balaban J connectivity index is 0.00000385. The van der Waals surface area contributed by atoms with Gasteiger partial charge in [-0.1, -0.05) is 72.8 Å². The van der Waals surface area contributed by atoms with Crippen molar-refractivity contribution in [1.29, 1.82) is 0 Å². The largest absolute Gasteiger partial charge is 0.484 e. The Morgan fingerprint density at radius 1 is 0.939 bits per heavy atom. The summed E-state index contributed by atoms with van der Waals surface area (Å²) in [6.07, 6.45) is 0.936. The average molecular weight is 558 g/mol. The van der Waals surface area contributed by atoms with Crippen LogP contribution in [0.15, 0.2) is 89.9 Å². The number of aliphatic imine (C=N–C) groups is 1. The molecule has 0 aliphatic rings. The first-order valence-corrected chi connectivity index (χ1v) is 10.7. The van der Waals surface area contributed by atoms with E-state index in [1.54, 1.807) is 13.1 Å². The minimum absolute atomic E-state index is 0. The molecule has 4 N–H and O–H groups in total. The number of nitrogens with one attached hydrogen (secondary N) is 2. The molecule has 0 radical (unpaired) electrons.